The lowest BCUT2D eigenvalue weighted by atomic mass is 10.1. The smallest absolute Gasteiger partial charge is 0.264 e. The highest BCUT2D eigenvalue weighted by Gasteiger charge is 2.37. The van der Waals surface area contributed by atoms with Crippen molar-refractivity contribution in [1.29, 1.82) is 0 Å². The van der Waals surface area contributed by atoms with Crippen molar-refractivity contribution < 1.29 is 17.9 Å². The van der Waals surface area contributed by atoms with Crippen LogP contribution in [0.25, 0.3) is 0 Å². The highest BCUT2D eigenvalue weighted by atomic mass is 32.2. The molecule has 0 aliphatic carbocycles. The van der Waals surface area contributed by atoms with Crippen LogP contribution in [0.15, 0.2) is 71.6 Å². The van der Waals surface area contributed by atoms with Crippen molar-refractivity contribution in [2.24, 2.45) is 0 Å². The largest absolute Gasteiger partial charge is 0.476 e. The van der Waals surface area contributed by atoms with Gasteiger partial charge in [-0.1, -0.05) is 54.4 Å². The van der Waals surface area contributed by atoms with Gasteiger partial charge in [-0.15, -0.1) is 0 Å². The third-order valence-corrected chi connectivity index (χ3v) is 8.99. The Bertz CT molecular complexity index is 1400. The molecule has 38 heavy (non-hydrogen) atoms. The zero-order valence-electron chi connectivity index (χ0n) is 22.0. The monoisotopic (exact) mass is 533 g/mol. The van der Waals surface area contributed by atoms with Crippen LogP contribution in [0.4, 0.5) is 5.69 Å². The molecule has 0 unspecified atom stereocenters. The molecule has 2 aliphatic heterocycles. The molecule has 7 nitrogen and oxygen atoms in total. The summed E-state index contributed by atoms with van der Waals surface area (Å²) in [6.07, 6.45) is 2.83. The van der Waals surface area contributed by atoms with E-state index in [-0.39, 0.29) is 17.3 Å². The fourth-order valence-corrected chi connectivity index (χ4v) is 6.55. The second-order valence-electron chi connectivity index (χ2n) is 10.3. The minimum Gasteiger partial charge on any atom is -0.476 e. The maximum absolute atomic E-state index is 13.7. The summed E-state index contributed by atoms with van der Waals surface area (Å²) >= 11 is 0. The number of ether oxygens (including phenoxy) is 1. The van der Waals surface area contributed by atoms with Gasteiger partial charge in [0.2, 0.25) is 0 Å². The highest BCUT2D eigenvalue weighted by Crippen LogP contribution is 2.37. The highest BCUT2D eigenvalue weighted by molar-refractivity contribution is 7.92. The van der Waals surface area contributed by atoms with Gasteiger partial charge in [0, 0.05) is 13.1 Å². The Hall–Kier alpha value is -3.36. The average molecular weight is 534 g/mol. The lowest BCUT2D eigenvalue weighted by Gasteiger charge is -2.35. The molecule has 3 aromatic rings. The van der Waals surface area contributed by atoms with Crippen LogP contribution in [-0.4, -0.2) is 45.0 Å². The number of sulfonamides is 1. The van der Waals surface area contributed by atoms with Gasteiger partial charge in [0.05, 0.1) is 17.1 Å². The number of nitrogens with one attached hydrogen (secondary N) is 1. The maximum atomic E-state index is 13.7. The minimum absolute atomic E-state index is 0.104. The Labute approximate surface area is 225 Å². The Balaban J connectivity index is 1.31. The number of rotatable bonds is 7. The third-order valence-electron chi connectivity index (χ3n) is 7.20. The zero-order chi connectivity index (χ0) is 26.7. The van der Waals surface area contributed by atoms with Gasteiger partial charge in [-0.2, -0.15) is 0 Å². The van der Waals surface area contributed by atoms with Crippen LogP contribution in [0.1, 0.15) is 41.5 Å². The van der Waals surface area contributed by atoms with Crippen LogP contribution in [0.2, 0.25) is 0 Å². The Kier molecular flexibility index (Phi) is 7.72. The lowest BCUT2D eigenvalue weighted by Crippen LogP contribution is -2.50. The molecule has 5 rings (SSSR count). The number of fused-ring (bicyclic) bond motifs is 1. The first-order valence-electron chi connectivity index (χ1n) is 13.2. The van der Waals surface area contributed by atoms with E-state index in [1.165, 1.54) is 29.1 Å². The van der Waals surface area contributed by atoms with Crippen LogP contribution >= 0.6 is 0 Å². The maximum Gasteiger partial charge on any atom is 0.264 e. The van der Waals surface area contributed by atoms with E-state index in [9.17, 15) is 13.2 Å². The van der Waals surface area contributed by atoms with Crippen LogP contribution in [0.3, 0.4) is 0 Å². The summed E-state index contributed by atoms with van der Waals surface area (Å²) in [5, 5.41) is 2.96. The molecule has 0 aromatic heterocycles. The second-order valence-corrected chi connectivity index (χ2v) is 12.2. The molecule has 1 amide bonds. The number of hydrogen-bond donors (Lipinski definition) is 1. The van der Waals surface area contributed by atoms with E-state index in [0.29, 0.717) is 18.0 Å². The molecule has 0 radical (unpaired) electrons. The number of carbonyl (C=O) groups excluding carboxylic acids is 1. The fourth-order valence-electron chi connectivity index (χ4n) is 5.08. The molecular weight excluding hydrogens is 498 g/mol. The van der Waals surface area contributed by atoms with Crippen molar-refractivity contribution in [3.63, 3.8) is 0 Å². The summed E-state index contributed by atoms with van der Waals surface area (Å²) in [7, 11) is -3.89. The number of hydrogen-bond acceptors (Lipinski definition) is 5. The van der Waals surface area contributed by atoms with Gasteiger partial charge in [-0.3, -0.25) is 14.0 Å². The molecule has 8 heteroatoms. The van der Waals surface area contributed by atoms with Crippen molar-refractivity contribution in [2.75, 3.05) is 23.9 Å². The fraction of sp³-hybridized carbons (Fsp3) is 0.367. The van der Waals surface area contributed by atoms with Gasteiger partial charge in [0.15, 0.2) is 6.10 Å². The molecule has 0 spiro atoms. The standard InChI is InChI=1S/C30H35N3O4S/c1-22-9-12-26(13-10-22)38(35,36)33-21-29(37-28-14-11-23(2)17-27(28)33)30(34)31-19-24-7-6-8-25(18-24)20-32-15-4-3-5-16-32/h6-14,17-18,29H,3-5,15-16,19-21H2,1-2H3,(H,31,34)/t29-/m1/s1. The van der Waals surface area contributed by atoms with E-state index in [1.807, 2.05) is 32.0 Å². The van der Waals surface area contributed by atoms with E-state index in [4.69, 9.17) is 4.74 Å². The van der Waals surface area contributed by atoms with Crippen LogP contribution in [0, 0.1) is 13.8 Å². The van der Waals surface area contributed by atoms with E-state index in [0.717, 1.165) is 36.3 Å². The lowest BCUT2D eigenvalue weighted by molar-refractivity contribution is -0.127. The van der Waals surface area contributed by atoms with Crippen molar-refractivity contribution in [1.82, 2.24) is 10.2 Å². The van der Waals surface area contributed by atoms with Crippen LogP contribution in [-0.2, 0) is 27.9 Å². The summed E-state index contributed by atoms with van der Waals surface area (Å²) in [5.41, 5.74) is 4.55. The molecule has 1 saturated heterocycles. The SMILES string of the molecule is Cc1ccc(S(=O)(=O)N2C[C@H](C(=O)NCc3cccc(CN4CCCCC4)c3)Oc3ccc(C)cc32)cc1. The van der Waals surface area contributed by atoms with Gasteiger partial charge in [0.1, 0.15) is 5.75 Å². The topological polar surface area (TPSA) is 79.0 Å². The van der Waals surface area contributed by atoms with Crippen molar-refractivity contribution in [3.8, 4) is 5.75 Å². The van der Waals surface area contributed by atoms with Crippen molar-refractivity contribution in [2.45, 2.75) is 57.2 Å². The number of likely N-dealkylation sites (tertiary alicyclic amines) is 1. The van der Waals surface area contributed by atoms with Crippen LogP contribution < -0.4 is 14.4 Å². The minimum atomic E-state index is -3.89. The van der Waals surface area contributed by atoms with Gasteiger partial charge in [0.25, 0.3) is 15.9 Å². The van der Waals surface area contributed by atoms with Gasteiger partial charge in [-0.25, -0.2) is 8.42 Å². The third kappa shape index (κ3) is 5.87. The Morgan fingerprint density at radius 1 is 0.921 bits per heavy atom. The molecule has 1 atom stereocenters. The Morgan fingerprint density at radius 3 is 2.39 bits per heavy atom. The molecule has 1 fully saturated rings. The van der Waals surface area contributed by atoms with E-state index < -0.39 is 16.1 Å². The van der Waals surface area contributed by atoms with Gasteiger partial charge in [-0.05, 0) is 80.7 Å². The summed E-state index contributed by atoms with van der Waals surface area (Å²) < 4.78 is 34.6. The summed E-state index contributed by atoms with van der Waals surface area (Å²) in [5.74, 6) is 0.0305. The number of piperidine rings is 1. The Morgan fingerprint density at radius 2 is 1.63 bits per heavy atom. The van der Waals surface area contributed by atoms with Crippen LogP contribution in [0.5, 0.6) is 5.75 Å². The number of carbonyl (C=O) groups is 1. The predicted molar refractivity (Wildman–Crippen MR) is 149 cm³/mol. The molecule has 2 heterocycles. The van der Waals surface area contributed by atoms with E-state index in [1.54, 1.807) is 36.4 Å². The molecule has 1 N–H and O–H groups in total. The first-order valence-corrected chi connectivity index (χ1v) is 14.7. The summed E-state index contributed by atoms with van der Waals surface area (Å²) in [6.45, 7) is 7.22. The zero-order valence-corrected chi connectivity index (χ0v) is 22.8. The molecule has 0 bridgehead atoms. The molecule has 2 aliphatic rings. The van der Waals surface area contributed by atoms with E-state index in [2.05, 4.69) is 22.3 Å². The number of aryl methyl sites for hydroxylation is 2. The predicted octanol–water partition coefficient (Wildman–Crippen LogP) is 4.56. The van der Waals surface area contributed by atoms with Gasteiger partial charge >= 0.3 is 0 Å². The number of anilines is 1. The molecule has 3 aromatic carbocycles. The number of amides is 1. The average Bonchev–Trinajstić information content (AvgIpc) is 2.92. The number of benzene rings is 3. The first-order chi connectivity index (χ1) is 18.3. The molecular formula is C30H35N3O4S. The second kappa shape index (κ2) is 11.2. The number of nitrogens with zero attached hydrogens (tertiary/aromatic N) is 2. The molecule has 0 saturated carbocycles. The quantitative estimate of drug-likeness (QED) is 0.482. The first kappa shape index (κ1) is 26.3. The van der Waals surface area contributed by atoms with Gasteiger partial charge < -0.3 is 10.1 Å². The summed E-state index contributed by atoms with van der Waals surface area (Å²) in [4.78, 5) is 15.9. The van der Waals surface area contributed by atoms with Crippen molar-refractivity contribution >= 4 is 21.6 Å². The van der Waals surface area contributed by atoms with Crippen molar-refractivity contribution in [3.05, 3.63) is 89.0 Å². The van der Waals surface area contributed by atoms with E-state index >= 15 is 0 Å². The molecule has 200 valence electrons. The normalized spacial score (nSPS) is 17.9. The summed E-state index contributed by atoms with van der Waals surface area (Å²) in [6, 6.07) is 20.4.